The second kappa shape index (κ2) is 5.46. The van der Waals surface area contributed by atoms with Gasteiger partial charge in [0.05, 0.1) is 12.1 Å². The van der Waals surface area contributed by atoms with Crippen molar-refractivity contribution >= 4 is 23.5 Å². The molecule has 1 amide bonds. The lowest BCUT2D eigenvalue weighted by Crippen LogP contribution is -2.33. The SMILES string of the molecule is COC(=O)CN(C)C(=O)c1ccc(Cl)cn1. The first-order valence-corrected chi connectivity index (χ1v) is 4.86. The molecule has 0 fully saturated rings. The second-order valence-electron chi connectivity index (χ2n) is 3.10. The Morgan fingerprint density at radius 1 is 1.50 bits per heavy atom. The van der Waals surface area contributed by atoms with Crippen molar-refractivity contribution in [2.24, 2.45) is 0 Å². The van der Waals surface area contributed by atoms with Crippen molar-refractivity contribution in [2.75, 3.05) is 20.7 Å². The van der Waals surface area contributed by atoms with Gasteiger partial charge in [-0.25, -0.2) is 4.98 Å². The Morgan fingerprint density at radius 3 is 2.69 bits per heavy atom. The predicted molar refractivity (Wildman–Crippen MR) is 58.2 cm³/mol. The normalized spacial score (nSPS) is 9.69. The standard InChI is InChI=1S/C10H11ClN2O3/c1-13(6-9(14)16-2)10(15)8-4-3-7(11)5-12-8/h3-5H,6H2,1-2H3. The highest BCUT2D eigenvalue weighted by Gasteiger charge is 2.15. The zero-order chi connectivity index (χ0) is 12.1. The van der Waals surface area contributed by atoms with Gasteiger partial charge in [0.2, 0.25) is 0 Å². The van der Waals surface area contributed by atoms with Crippen LogP contribution in [-0.4, -0.2) is 42.5 Å². The molecule has 0 aromatic carbocycles. The molecule has 1 aromatic rings. The van der Waals surface area contributed by atoms with Crippen LogP contribution in [0, 0.1) is 0 Å². The summed E-state index contributed by atoms with van der Waals surface area (Å²) in [5, 5.41) is 0.451. The van der Waals surface area contributed by atoms with E-state index in [0.29, 0.717) is 5.02 Å². The number of esters is 1. The third kappa shape index (κ3) is 3.20. The third-order valence-electron chi connectivity index (χ3n) is 1.89. The molecule has 0 aliphatic rings. The summed E-state index contributed by atoms with van der Waals surface area (Å²) in [4.78, 5) is 27.8. The number of likely N-dealkylation sites (N-methyl/N-ethyl adjacent to an activating group) is 1. The number of hydrogen-bond donors (Lipinski definition) is 0. The van der Waals surface area contributed by atoms with Gasteiger partial charge in [-0.15, -0.1) is 0 Å². The summed E-state index contributed by atoms with van der Waals surface area (Å²) in [7, 11) is 2.76. The van der Waals surface area contributed by atoms with Gasteiger partial charge in [-0.2, -0.15) is 0 Å². The lowest BCUT2D eigenvalue weighted by Gasteiger charge is -2.14. The number of pyridine rings is 1. The number of carbonyl (C=O) groups is 2. The number of nitrogens with zero attached hydrogens (tertiary/aromatic N) is 2. The van der Waals surface area contributed by atoms with Gasteiger partial charge in [0.25, 0.3) is 5.91 Å². The van der Waals surface area contributed by atoms with E-state index in [1.54, 1.807) is 6.07 Å². The fourth-order valence-corrected chi connectivity index (χ4v) is 1.14. The molecule has 1 heterocycles. The Hall–Kier alpha value is -1.62. The van der Waals surface area contributed by atoms with Gasteiger partial charge in [-0.1, -0.05) is 11.6 Å². The molecule has 1 aromatic heterocycles. The van der Waals surface area contributed by atoms with E-state index in [1.807, 2.05) is 0 Å². The number of rotatable bonds is 3. The molecular formula is C10H11ClN2O3. The molecular weight excluding hydrogens is 232 g/mol. The Balaban J connectivity index is 2.70. The van der Waals surface area contributed by atoms with Gasteiger partial charge in [0.1, 0.15) is 12.2 Å². The van der Waals surface area contributed by atoms with Crippen molar-refractivity contribution < 1.29 is 14.3 Å². The fraction of sp³-hybridized carbons (Fsp3) is 0.300. The van der Waals surface area contributed by atoms with Crippen LogP contribution < -0.4 is 0 Å². The lowest BCUT2D eigenvalue weighted by molar-refractivity contribution is -0.141. The number of ether oxygens (including phenoxy) is 1. The minimum atomic E-state index is -0.482. The molecule has 0 bridgehead atoms. The average Bonchev–Trinajstić information content (AvgIpc) is 2.28. The number of amides is 1. The maximum Gasteiger partial charge on any atom is 0.325 e. The molecule has 86 valence electrons. The van der Waals surface area contributed by atoms with Crippen LogP contribution in [0.2, 0.25) is 5.02 Å². The Morgan fingerprint density at radius 2 is 2.19 bits per heavy atom. The summed E-state index contributed by atoms with van der Waals surface area (Å²) in [6.45, 7) is -0.111. The van der Waals surface area contributed by atoms with E-state index in [4.69, 9.17) is 11.6 Å². The molecule has 0 aliphatic carbocycles. The van der Waals surface area contributed by atoms with Crippen LogP contribution in [0.1, 0.15) is 10.5 Å². The molecule has 0 aliphatic heterocycles. The monoisotopic (exact) mass is 242 g/mol. The summed E-state index contributed by atoms with van der Waals surface area (Å²) in [6, 6.07) is 3.06. The van der Waals surface area contributed by atoms with Gasteiger partial charge in [0.15, 0.2) is 0 Å². The Labute approximate surface area is 98.0 Å². The summed E-state index contributed by atoms with van der Waals surface area (Å²) in [5.74, 6) is -0.841. The largest absolute Gasteiger partial charge is 0.468 e. The number of aromatic nitrogens is 1. The first-order valence-electron chi connectivity index (χ1n) is 4.48. The van der Waals surface area contributed by atoms with Crippen LogP contribution in [0.5, 0.6) is 0 Å². The smallest absolute Gasteiger partial charge is 0.325 e. The van der Waals surface area contributed by atoms with Crippen LogP contribution in [0.15, 0.2) is 18.3 Å². The van der Waals surface area contributed by atoms with Gasteiger partial charge in [-0.3, -0.25) is 9.59 Å². The van der Waals surface area contributed by atoms with Gasteiger partial charge in [-0.05, 0) is 12.1 Å². The van der Waals surface area contributed by atoms with Crippen molar-refractivity contribution in [3.8, 4) is 0 Å². The second-order valence-corrected chi connectivity index (χ2v) is 3.54. The van der Waals surface area contributed by atoms with E-state index in [1.165, 1.54) is 31.3 Å². The zero-order valence-corrected chi connectivity index (χ0v) is 9.69. The van der Waals surface area contributed by atoms with Crippen LogP contribution in [-0.2, 0) is 9.53 Å². The van der Waals surface area contributed by atoms with Crippen molar-refractivity contribution in [3.05, 3.63) is 29.0 Å². The summed E-state index contributed by atoms with van der Waals surface area (Å²) in [6.07, 6.45) is 1.38. The highest BCUT2D eigenvalue weighted by atomic mass is 35.5. The molecule has 0 spiro atoms. The van der Waals surface area contributed by atoms with Gasteiger partial charge < -0.3 is 9.64 Å². The summed E-state index contributed by atoms with van der Waals surface area (Å²) < 4.78 is 4.45. The molecule has 0 saturated carbocycles. The van der Waals surface area contributed by atoms with E-state index in [0.717, 1.165) is 0 Å². The molecule has 0 saturated heterocycles. The number of halogens is 1. The van der Waals surface area contributed by atoms with Crippen LogP contribution in [0.4, 0.5) is 0 Å². The van der Waals surface area contributed by atoms with Gasteiger partial charge in [0, 0.05) is 13.2 Å². The maximum absolute atomic E-state index is 11.7. The minimum absolute atomic E-state index is 0.111. The van der Waals surface area contributed by atoms with Crippen LogP contribution in [0.3, 0.4) is 0 Å². The van der Waals surface area contributed by atoms with Crippen LogP contribution >= 0.6 is 11.6 Å². The van der Waals surface area contributed by atoms with E-state index < -0.39 is 5.97 Å². The predicted octanol–water partition coefficient (Wildman–Crippen LogP) is 0.980. The van der Waals surface area contributed by atoms with E-state index in [2.05, 4.69) is 9.72 Å². The van der Waals surface area contributed by atoms with E-state index in [-0.39, 0.29) is 18.1 Å². The van der Waals surface area contributed by atoms with Crippen molar-refractivity contribution in [2.45, 2.75) is 0 Å². The highest BCUT2D eigenvalue weighted by molar-refractivity contribution is 6.30. The molecule has 0 N–H and O–H groups in total. The van der Waals surface area contributed by atoms with Crippen molar-refractivity contribution in [3.63, 3.8) is 0 Å². The Kier molecular flexibility index (Phi) is 4.25. The zero-order valence-electron chi connectivity index (χ0n) is 8.94. The molecule has 6 heteroatoms. The molecule has 0 unspecified atom stereocenters. The molecule has 1 rings (SSSR count). The van der Waals surface area contributed by atoms with Crippen molar-refractivity contribution in [1.29, 1.82) is 0 Å². The average molecular weight is 243 g/mol. The highest BCUT2D eigenvalue weighted by Crippen LogP contribution is 2.07. The molecule has 16 heavy (non-hydrogen) atoms. The molecule has 0 atom stereocenters. The fourth-order valence-electron chi connectivity index (χ4n) is 1.03. The molecule has 5 nitrogen and oxygen atoms in total. The molecule has 0 radical (unpaired) electrons. The van der Waals surface area contributed by atoms with E-state index in [9.17, 15) is 9.59 Å². The third-order valence-corrected chi connectivity index (χ3v) is 2.11. The quantitative estimate of drug-likeness (QED) is 0.742. The first-order chi connectivity index (χ1) is 7.54. The minimum Gasteiger partial charge on any atom is -0.468 e. The topological polar surface area (TPSA) is 59.5 Å². The lowest BCUT2D eigenvalue weighted by atomic mass is 10.3. The maximum atomic E-state index is 11.7. The van der Waals surface area contributed by atoms with Crippen molar-refractivity contribution in [1.82, 2.24) is 9.88 Å². The Bertz CT molecular complexity index is 392. The van der Waals surface area contributed by atoms with Crippen LogP contribution in [0.25, 0.3) is 0 Å². The summed E-state index contributed by atoms with van der Waals surface area (Å²) in [5.41, 5.74) is 0.232. The number of methoxy groups -OCH3 is 1. The van der Waals surface area contributed by atoms with E-state index >= 15 is 0 Å². The summed E-state index contributed by atoms with van der Waals surface area (Å²) >= 11 is 5.64. The number of hydrogen-bond acceptors (Lipinski definition) is 4. The number of carbonyl (C=O) groups excluding carboxylic acids is 2. The van der Waals surface area contributed by atoms with Gasteiger partial charge >= 0.3 is 5.97 Å². The first kappa shape index (κ1) is 12.4.